The number of nitrogens with zero attached hydrogens (tertiary/aromatic N) is 2. The van der Waals surface area contributed by atoms with Crippen LogP contribution < -0.4 is 10.9 Å². The molecule has 7 heteroatoms. The molecule has 0 saturated carbocycles. The predicted octanol–water partition coefficient (Wildman–Crippen LogP) is 3.05. The number of carbonyl (C=O) groups is 1. The van der Waals surface area contributed by atoms with Crippen molar-refractivity contribution in [3.05, 3.63) is 75.0 Å². The van der Waals surface area contributed by atoms with Crippen LogP contribution in [0.15, 0.2) is 47.5 Å². The summed E-state index contributed by atoms with van der Waals surface area (Å²) in [6.45, 7) is 1.88. The Kier molecular flexibility index (Phi) is 3.83. The highest BCUT2D eigenvalue weighted by molar-refractivity contribution is 6.31. The van der Waals surface area contributed by atoms with E-state index in [4.69, 9.17) is 11.6 Å². The molecule has 0 aliphatic rings. The third kappa shape index (κ3) is 2.93. The summed E-state index contributed by atoms with van der Waals surface area (Å²) in [5, 5.41) is 2.38. The van der Waals surface area contributed by atoms with Gasteiger partial charge in [0.05, 0.1) is 5.02 Å². The number of rotatable bonds is 2. The second kappa shape index (κ2) is 5.81. The molecule has 1 N–H and O–H groups in total. The van der Waals surface area contributed by atoms with E-state index in [1.165, 1.54) is 22.7 Å². The molecule has 0 fully saturated rings. The molecule has 1 aromatic carbocycles. The maximum Gasteiger partial charge on any atom is 0.270 e. The number of pyridine rings is 1. The molecule has 0 unspecified atom stereocenters. The van der Waals surface area contributed by atoms with Crippen LogP contribution in [-0.4, -0.2) is 15.3 Å². The molecule has 2 aromatic heterocycles. The molecule has 0 atom stereocenters. The highest BCUT2D eigenvalue weighted by Crippen LogP contribution is 2.19. The number of aromatic nitrogens is 2. The second-order valence-electron chi connectivity index (χ2n) is 4.99. The van der Waals surface area contributed by atoms with Gasteiger partial charge in [-0.1, -0.05) is 11.6 Å². The lowest BCUT2D eigenvalue weighted by atomic mass is 10.2. The molecule has 0 aliphatic heterocycles. The summed E-state index contributed by atoms with van der Waals surface area (Å²) >= 11 is 5.66. The van der Waals surface area contributed by atoms with Crippen LogP contribution in [0.1, 0.15) is 15.9 Å². The van der Waals surface area contributed by atoms with Gasteiger partial charge >= 0.3 is 0 Å². The molecule has 1 amide bonds. The molecule has 3 aromatic rings. The number of anilines is 1. The fourth-order valence-corrected chi connectivity index (χ4v) is 2.29. The first-order chi connectivity index (χ1) is 11.0. The predicted molar refractivity (Wildman–Crippen MR) is 85.6 cm³/mol. The number of aryl methyl sites for hydroxylation is 1. The standard InChI is InChI=1S/C16H11ClFN3O2/c1-9-4-5-21-14(6-9)19-8-11(16(21)23)15(22)20-10-2-3-13(18)12(17)7-10/h2-8H,1H3,(H,20,22). The highest BCUT2D eigenvalue weighted by Gasteiger charge is 2.14. The zero-order chi connectivity index (χ0) is 16.6. The van der Waals surface area contributed by atoms with E-state index < -0.39 is 17.3 Å². The number of nitrogens with one attached hydrogen (secondary N) is 1. The Bertz CT molecular complexity index is 985. The zero-order valence-corrected chi connectivity index (χ0v) is 12.8. The molecule has 116 valence electrons. The molecule has 5 nitrogen and oxygen atoms in total. The van der Waals surface area contributed by atoms with Gasteiger partial charge in [0.1, 0.15) is 17.0 Å². The Morgan fingerprint density at radius 3 is 2.83 bits per heavy atom. The van der Waals surface area contributed by atoms with Crippen LogP contribution in [-0.2, 0) is 0 Å². The van der Waals surface area contributed by atoms with Crippen LogP contribution in [0.5, 0.6) is 0 Å². The molecular weight excluding hydrogens is 321 g/mol. The van der Waals surface area contributed by atoms with Crippen molar-refractivity contribution in [2.45, 2.75) is 6.92 Å². The van der Waals surface area contributed by atoms with E-state index >= 15 is 0 Å². The second-order valence-corrected chi connectivity index (χ2v) is 5.40. The van der Waals surface area contributed by atoms with Gasteiger partial charge < -0.3 is 5.32 Å². The topological polar surface area (TPSA) is 63.5 Å². The number of amides is 1. The van der Waals surface area contributed by atoms with Crippen LogP contribution in [0.3, 0.4) is 0 Å². The van der Waals surface area contributed by atoms with Crippen LogP contribution in [0.25, 0.3) is 5.65 Å². The minimum atomic E-state index is -0.639. The van der Waals surface area contributed by atoms with Gasteiger partial charge in [-0.15, -0.1) is 0 Å². The third-order valence-electron chi connectivity index (χ3n) is 3.29. The Hall–Kier alpha value is -2.73. The largest absolute Gasteiger partial charge is 0.322 e. The van der Waals surface area contributed by atoms with Gasteiger partial charge in [-0.25, -0.2) is 9.37 Å². The van der Waals surface area contributed by atoms with Crippen LogP contribution in [0, 0.1) is 12.7 Å². The molecule has 0 spiro atoms. The van der Waals surface area contributed by atoms with Crippen LogP contribution >= 0.6 is 11.6 Å². The molecule has 2 heterocycles. The van der Waals surface area contributed by atoms with Gasteiger partial charge in [0, 0.05) is 18.1 Å². The monoisotopic (exact) mass is 331 g/mol. The molecule has 0 radical (unpaired) electrons. The van der Waals surface area contributed by atoms with Crippen molar-refractivity contribution in [1.29, 1.82) is 0 Å². The molecule has 0 saturated heterocycles. The Balaban J connectivity index is 1.97. The highest BCUT2D eigenvalue weighted by atomic mass is 35.5. The summed E-state index contributed by atoms with van der Waals surface area (Å²) in [7, 11) is 0. The third-order valence-corrected chi connectivity index (χ3v) is 3.58. The van der Waals surface area contributed by atoms with Gasteiger partial charge in [-0.05, 0) is 42.8 Å². The van der Waals surface area contributed by atoms with Gasteiger partial charge in [-0.3, -0.25) is 14.0 Å². The fourth-order valence-electron chi connectivity index (χ4n) is 2.10. The van der Waals surface area contributed by atoms with Crippen molar-refractivity contribution >= 4 is 28.8 Å². The smallest absolute Gasteiger partial charge is 0.270 e. The van der Waals surface area contributed by atoms with E-state index in [1.54, 1.807) is 18.3 Å². The number of benzene rings is 1. The molecule has 0 aliphatic carbocycles. The lowest BCUT2D eigenvalue weighted by Crippen LogP contribution is -2.26. The first kappa shape index (κ1) is 15.2. The maximum atomic E-state index is 13.1. The summed E-state index contributed by atoms with van der Waals surface area (Å²) in [6, 6.07) is 7.24. The summed E-state index contributed by atoms with van der Waals surface area (Å²) in [4.78, 5) is 28.7. The van der Waals surface area contributed by atoms with Gasteiger partial charge in [0.25, 0.3) is 11.5 Å². The van der Waals surface area contributed by atoms with Crippen LogP contribution in [0.4, 0.5) is 10.1 Å². The number of hydrogen-bond donors (Lipinski definition) is 1. The van der Waals surface area contributed by atoms with Crippen molar-refractivity contribution in [3.63, 3.8) is 0 Å². The average Bonchev–Trinajstić information content (AvgIpc) is 2.51. The van der Waals surface area contributed by atoms with Crippen molar-refractivity contribution in [1.82, 2.24) is 9.38 Å². The molecule has 0 bridgehead atoms. The van der Waals surface area contributed by atoms with Crippen molar-refractivity contribution in [3.8, 4) is 0 Å². The minimum absolute atomic E-state index is 0.119. The van der Waals surface area contributed by atoms with Crippen LogP contribution in [0.2, 0.25) is 5.02 Å². The molecule has 23 heavy (non-hydrogen) atoms. The SMILES string of the molecule is Cc1ccn2c(=O)c(C(=O)Nc3ccc(F)c(Cl)c3)cnc2c1. The number of carbonyl (C=O) groups excluding carboxylic acids is 1. The Morgan fingerprint density at radius 2 is 2.09 bits per heavy atom. The minimum Gasteiger partial charge on any atom is -0.322 e. The zero-order valence-electron chi connectivity index (χ0n) is 12.0. The first-order valence-corrected chi connectivity index (χ1v) is 7.08. The summed E-state index contributed by atoms with van der Waals surface area (Å²) in [6.07, 6.45) is 2.78. The van der Waals surface area contributed by atoms with Crippen molar-refractivity contribution in [2.24, 2.45) is 0 Å². The average molecular weight is 332 g/mol. The van der Waals surface area contributed by atoms with E-state index in [0.717, 1.165) is 11.6 Å². The fraction of sp³-hybridized carbons (Fsp3) is 0.0625. The lowest BCUT2D eigenvalue weighted by molar-refractivity contribution is 0.102. The van der Waals surface area contributed by atoms with E-state index in [1.807, 2.05) is 6.92 Å². The van der Waals surface area contributed by atoms with E-state index in [0.29, 0.717) is 5.65 Å². The quantitative estimate of drug-likeness (QED) is 0.785. The van der Waals surface area contributed by atoms with E-state index in [2.05, 4.69) is 10.3 Å². The Labute approximate surface area is 135 Å². The first-order valence-electron chi connectivity index (χ1n) is 6.70. The number of halogens is 2. The summed E-state index contributed by atoms with van der Waals surface area (Å²) in [5.74, 6) is -1.23. The van der Waals surface area contributed by atoms with E-state index in [9.17, 15) is 14.0 Å². The number of hydrogen-bond acceptors (Lipinski definition) is 3. The summed E-state index contributed by atoms with van der Waals surface area (Å²) in [5.41, 5.74) is 1.09. The van der Waals surface area contributed by atoms with Gasteiger partial charge in [0.15, 0.2) is 0 Å². The van der Waals surface area contributed by atoms with Crippen molar-refractivity contribution in [2.75, 3.05) is 5.32 Å². The molecule has 3 rings (SSSR count). The Morgan fingerprint density at radius 1 is 1.30 bits per heavy atom. The van der Waals surface area contributed by atoms with Gasteiger partial charge in [-0.2, -0.15) is 0 Å². The molecular formula is C16H11ClFN3O2. The van der Waals surface area contributed by atoms with Gasteiger partial charge in [0.2, 0.25) is 0 Å². The van der Waals surface area contributed by atoms with E-state index in [-0.39, 0.29) is 16.3 Å². The maximum absolute atomic E-state index is 13.1. The normalized spacial score (nSPS) is 10.7. The summed E-state index contributed by atoms with van der Waals surface area (Å²) < 4.78 is 14.4. The van der Waals surface area contributed by atoms with Crippen molar-refractivity contribution < 1.29 is 9.18 Å². The lowest BCUT2D eigenvalue weighted by Gasteiger charge is -2.07. The number of fused-ring (bicyclic) bond motifs is 1.